The predicted octanol–water partition coefficient (Wildman–Crippen LogP) is 4.01. The topological polar surface area (TPSA) is 123 Å². The van der Waals surface area contributed by atoms with Crippen molar-refractivity contribution in [2.45, 2.75) is 31.7 Å². The number of carbonyl (C=O) groups is 1. The largest absolute Gasteiger partial charge is 0.496 e. The predicted molar refractivity (Wildman–Crippen MR) is 135 cm³/mol. The zero-order chi connectivity index (χ0) is 24.9. The number of nitro benzene ring substituents is 1. The minimum atomic E-state index is -0.513. The second-order valence-corrected chi connectivity index (χ2v) is 9.00. The third-order valence-corrected chi connectivity index (χ3v) is 6.38. The molecule has 10 nitrogen and oxygen atoms in total. The van der Waals surface area contributed by atoms with Crippen LogP contribution >= 0.6 is 0 Å². The highest BCUT2D eigenvalue weighted by atomic mass is 16.6. The van der Waals surface area contributed by atoms with Gasteiger partial charge in [0.05, 0.1) is 29.2 Å². The Morgan fingerprint density at radius 2 is 1.89 bits per heavy atom. The molecule has 35 heavy (non-hydrogen) atoms. The Morgan fingerprint density at radius 1 is 1.14 bits per heavy atom. The van der Waals surface area contributed by atoms with Crippen molar-refractivity contribution in [1.82, 2.24) is 15.3 Å². The van der Waals surface area contributed by atoms with Crippen molar-refractivity contribution >= 4 is 34.3 Å². The molecule has 1 saturated carbocycles. The second kappa shape index (κ2) is 10.5. The van der Waals surface area contributed by atoms with Crippen molar-refractivity contribution in [3.8, 4) is 5.75 Å². The lowest BCUT2D eigenvalue weighted by molar-refractivity contribution is -0.384. The van der Waals surface area contributed by atoms with Crippen LogP contribution in [0.25, 0.3) is 10.9 Å². The van der Waals surface area contributed by atoms with Gasteiger partial charge in [0.15, 0.2) is 0 Å². The molecule has 0 radical (unpaired) electrons. The molecule has 1 aliphatic rings. The quantitative estimate of drug-likeness (QED) is 0.368. The van der Waals surface area contributed by atoms with Crippen LogP contribution in [0, 0.1) is 16.0 Å². The minimum Gasteiger partial charge on any atom is -0.496 e. The van der Waals surface area contributed by atoms with E-state index in [0.29, 0.717) is 24.0 Å². The summed E-state index contributed by atoms with van der Waals surface area (Å²) in [6.45, 7) is 0.545. The third kappa shape index (κ3) is 5.59. The average Bonchev–Trinajstić information content (AvgIpc) is 2.87. The highest BCUT2D eigenvalue weighted by Crippen LogP contribution is 2.29. The summed E-state index contributed by atoms with van der Waals surface area (Å²) in [5.74, 6) is 1.77. The molecule has 0 saturated heterocycles. The van der Waals surface area contributed by atoms with Crippen LogP contribution < -0.4 is 20.3 Å². The van der Waals surface area contributed by atoms with Crippen LogP contribution in [0.5, 0.6) is 5.75 Å². The summed E-state index contributed by atoms with van der Waals surface area (Å²) in [5, 5.41) is 18.4. The van der Waals surface area contributed by atoms with Crippen LogP contribution in [0.4, 0.5) is 17.5 Å². The number of nitrogens with zero attached hydrogens (tertiary/aromatic N) is 4. The second-order valence-electron chi connectivity index (χ2n) is 9.00. The van der Waals surface area contributed by atoms with Crippen molar-refractivity contribution in [2.75, 3.05) is 38.0 Å². The fraction of sp³-hybridized carbons (Fsp3) is 0.400. The maximum Gasteiger partial charge on any atom is 0.273 e. The Bertz CT molecular complexity index is 1220. The van der Waals surface area contributed by atoms with Gasteiger partial charge in [-0.2, -0.15) is 4.98 Å². The molecule has 0 spiro atoms. The fourth-order valence-electron chi connectivity index (χ4n) is 4.47. The average molecular weight is 479 g/mol. The molecular weight excluding hydrogens is 448 g/mol. The SMILES string of the molecule is COc1cc([N+](=O)[O-])ccc1C(=O)NC[C@H]1CC[C@@H](Nc2nc(N(C)C)c3ccccc3n2)CC1. The lowest BCUT2D eigenvalue weighted by Gasteiger charge is -2.29. The molecule has 2 N–H and O–H groups in total. The first kappa shape index (κ1) is 24.2. The number of rotatable bonds is 8. The first-order valence-electron chi connectivity index (χ1n) is 11.7. The standard InChI is InChI=1S/C25H30N6O4/c1-30(2)23-19-6-4-5-7-21(19)28-25(29-23)27-17-10-8-16(9-11-17)15-26-24(32)20-13-12-18(31(33)34)14-22(20)35-3/h4-7,12-14,16-17H,8-11,15H2,1-3H3,(H,26,32)(H,27,28,29)/t16-,17+. The highest BCUT2D eigenvalue weighted by Gasteiger charge is 2.24. The Morgan fingerprint density at radius 3 is 2.57 bits per heavy atom. The van der Waals surface area contributed by atoms with E-state index in [9.17, 15) is 14.9 Å². The Labute approximate surface area is 203 Å². The number of nitro groups is 1. The summed E-state index contributed by atoms with van der Waals surface area (Å²) in [7, 11) is 5.35. The van der Waals surface area contributed by atoms with Gasteiger partial charge in [0.25, 0.3) is 11.6 Å². The number of nitrogens with one attached hydrogen (secondary N) is 2. The number of aromatic nitrogens is 2. The van der Waals surface area contributed by atoms with Crippen molar-refractivity contribution in [2.24, 2.45) is 5.92 Å². The van der Waals surface area contributed by atoms with Crippen molar-refractivity contribution in [3.05, 3.63) is 58.1 Å². The third-order valence-electron chi connectivity index (χ3n) is 6.38. The van der Waals surface area contributed by atoms with E-state index in [2.05, 4.69) is 10.6 Å². The summed E-state index contributed by atoms with van der Waals surface area (Å²) in [5.41, 5.74) is 1.09. The molecular formula is C25H30N6O4. The van der Waals surface area contributed by atoms with Gasteiger partial charge in [0, 0.05) is 38.1 Å². The number of fused-ring (bicyclic) bond motifs is 1. The van der Waals surface area contributed by atoms with Crippen LogP contribution in [0.1, 0.15) is 36.0 Å². The molecule has 10 heteroatoms. The number of non-ortho nitro benzene ring substituents is 1. The van der Waals surface area contributed by atoms with Crippen LogP contribution in [0.3, 0.4) is 0 Å². The van der Waals surface area contributed by atoms with E-state index in [1.165, 1.54) is 25.3 Å². The summed E-state index contributed by atoms with van der Waals surface area (Å²) in [6, 6.07) is 12.3. The van der Waals surface area contributed by atoms with Gasteiger partial charge in [-0.05, 0) is 49.8 Å². The molecule has 1 aromatic heterocycles. The number of methoxy groups -OCH3 is 1. The molecule has 3 aromatic rings. The molecule has 1 aliphatic carbocycles. The van der Waals surface area contributed by atoms with Crippen molar-refractivity contribution in [1.29, 1.82) is 0 Å². The minimum absolute atomic E-state index is 0.114. The molecule has 4 rings (SSSR count). The van der Waals surface area contributed by atoms with E-state index in [1.54, 1.807) is 0 Å². The summed E-state index contributed by atoms with van der Waals surface area (Å²) in [4.78, 5) is 34.5. The number of anilines is 2. The number of amides is 1. The van der Waals surface area contributed by atoms with E-state index < -0.39 is 4.92 Å². The van der Waals surface area contributed by atoms with E-state index in [1.807, 2.05) is 43.3 Å². The maximum atomic E-state index is 12.7. The Balaban J connectivity index is 1.32. The fourth-order valence-corrected chi connectivity index (χ4v) is 4.47. The number of hydrogen-bond acceptors (Lipinski definition) is 8. The smallest absolute Gasteiger partial charge is 0.273 e. The molecule has 0 unspecified atom stereocenters. The Kier molecular flexibility index (Phi) is 7.28. The first-order chi connectivity index (χ1) is 16.9. The number of para-hydroxylation sites is 1. The Hall–Kier alpha value is -3.95. The van der Waals surface area contributed by atoms with Crippen LogP contribution in [0.2, 0.25) is 0 Å². The van der Waals surface area contributed by atoms with Crippen LogP contribution in [0.15, 0.2) is 42.5 Å². The number of benzene rings is 2. The summed E-state index contributed by atoms with van der Waals surface area (Å²) in [6.07, 6.45) is 3.83. The normalized spacial score (nSPS) is 17.6. The lowest BCUT2D eigenvalue weighted by Crippen LogP contribution is -2.34. The van der Waals surface area contributed by atoms with Crippen LogP contribution in [-0.2, 0) is 0 Å². The summed E-state index contributed by atoms with van der Waals surface area (Å²) >= 11 is 0. The molecule has 0 aliphatic heterocycles. The monoisotopic (exact) mass is 478 g/mol. The van der Waals surface area contributed by atoms with Gasteiger partial charge in [0.2, 0.25) is 5.95 Å². The van der Waals surface area contributed by atoms with Gasteiger partial charge in [-0.25, -0.2) is 4.98 Å². The van der Waals surface area contributed by atoms with Gasteiger partial charge in [-0.3, -0.25) is 14.9 Å². The lowest BCUT2D eigenvalue weighted by atomic mass is 9.86. The van der Waals surface area contributed by atoms with Crippen molar-refractivity contribution < 1.29 is 14.5 Å². The van der Waals surface area contributed by atoms with Gasteiger partial charge >= 0.3 is 0 Å². The van der Waals surface area contributed by atoms with Crippen molar-refractivity contribution in [3.63, 3.8) is 0 Å². The number of ether oxygens (including phenoxy) is 1. The highest BCUT2D eigenvalue weighted by molar-refractivity contribution is 5.97. The van der Waals surface area contributed by atoms with E-state index in [0.717, 1.165) is 42.4 Å². The first-order valence-corrected chi connectivity index (χ1v) is 11.7. The molecule has 1 fully saturated rings. The maximum absolute atomic E-state index is 12.7. The zero-order valence-corrected chi connectivity index (χ0v) is 20.2. The van der Waals surface area contributed by atoms with E-state index in [4.69, 9.17) is 14.7 Å². The zero-order valence-electron chi connectivity index (χ0n) is 20.2. The molecule has 184 valence electrons. The molecule has 2 aromatic carbocycles. The van der Waals surface area contributed by atoms with E-state index >= 15 is 0 Å². The molecule has 0 bridgehead atoms. The summed E-state index contributed by atoms with van der Waals surface area (Å²) < 4.78 is 5.18. The van der Waals surface area contributed by atoms with Gasteiger partial charge in [-0.1, -0.05) is 12.1 Å². The molecule has 1 heterocycles. The number of hydrogen-bond donors (Lipinski definition) is 2. The van der Waals surface area contributed by atoms with E-state index in [-0.39, 0.29) is 23.4 Å². The molecule has 1 amide bonds. The number of carbonyl (C=O) groups excluding carboxylic acids is 1. The van der Waals surface area contributed by atoms with Gasteiger partial charge < -0.3 is 20.3 Å². The van der Waals surface area contributed by atoms with Gasteiger partial charge in [-0.15, -0.1) is 0 Å². The molecule has 0 atom stereocenters. The van der Waals surface area contributed by atoms with Gasteiger partial charge in [0.1, 0.15) is 11.6 Å². The van der Waals surface area contributed by atoms with Crippen LogP contribution in [-0.4, -0.2) is 54.6 Å².